The van der Waals surface area contributed by atoms with E-state index in [-0.39, 0.29) is 6.03 Å². The molecule has 146 valence electrons. The summed E-state index contributed by atoms with van der Waals surface area (Å²) in [5.41, 5.74) is 5.57. The van der Waals surface area contributed by atoms with Crippen LogP contribution >= 0.6 is 0 Å². The average molecular weight is 377 g/mol. The van der Waals surface area contributed by atoms with E-state index in [2.05, 4.69) is 59.9 Å². The number of nitrogens with zero attached hydrogens (tertiary/aromatic N) is 3. The van der Waals surface area contributed by atoms with Crippen molar-refractivity contribution in [3.63, 3.8) is 0 Å². The Labute approximate surface area is 166 Å². The molecule has 0 bridgehead atoms. The van der Waals surface area contributed by atoms with E-state index in [9.17, 15) is 4.79 Å². The Morgan fingerprint density at radius 3 is 2.57 bits per heavy atom. The third kappa shape index (κ3) is 3.75. The van der Waals surface area contributed by atoms with Crippen LogP contribution in [0, 0.1) is 26.7 Å². The highest BCUT2D eigenvalue weighted by atomic mass is 16.2. The van der Waals surface area contributed by atoms with Crippen LogP contribution in [0.1, 0.15) is 29.8 Å². The maximum Gasteiger partial charge on any atom is 0.321 e. The van der Waals surface area contributed by atoms with Gasteiger partial charge < -0.3 is 14.8 Å². The second kappa shape index (κ2) is 7.66. The largest absolute Gasteiger partial charge is 0.328 e. The first-order valence-electron chi connectivity index (χ1n) is 10.1. The van der Waals surface area contributed by atoms with E-state index in [1.54, 1.807) is 0 Å². The quantitative estimate of drug-likeness (QED) is 0.706. The van der Waals surface area contributed by atoms with Crippen LogP contribution in [0.5, 0.6) is 0 Å². The number of rotatable bonds is 3. The summed E-state index contributed by atoms with van der Waals surface area (Å²) in [6.45, 7) is 8.79. The summed E-state index contributed by atoms with van der Waals surface area (Å²) < 4.78 is 2.32. The standard InChI is InChI=1S/C23H28N4O/c1-16-8-9-20(14-17(16)2)25-23(28)26-12-10-19(11-13-26)15-27-18(3)24-21-6-4-5-7-22(21)27/h4-9,14,19H,10-13,15H2,1-3H3,(H,25,28). The van der Waals surface area contributed by atoms with Crippen LogP contribution in [-0.4, -0.2) is 33.6 Å². The molecule has 1 aromatic heterocycles. The Kier molecular flexibility index (Phi) is 5.07. The zero-order chi connectivity index (χ0) is 19.7. The molecule has 1 aliphatic rings. The Hall–Kier alpha value is -2.82. The van der Waals surface area contributed by atoms with Crippen molar-refractivity contribution in [1.29, 1.82) is 0 Å². The molecule has 2 heterocycles. The van der Waals surface area contributed by atoms with Gasteiger partial charge in [-0.05, 0) is 74.9 Å². The van der Waals surface area contributed by atoms with Gasteiger partial charge in [0, 0.05) is 25.3 Å². The van der Waals surface area contributed by atoms with Crippen molar-refractivity contribution < 1.29 is 4.79 Å². The molecule has 28 heavy (non-hydrogen) atoms. The van der Waals surface area contributed by atoms with Gasteiger partial charge in [0.1, 0.15) is 5.82 Å². The number of piperidine rings is 1. The summed E-state index contributed by atoms with van der Waals surface area (Å²) in [5.74, 6) is 1.64. The Morgan fingerprint density at radius 1 is 1.07 bits per heavy atom. The second-order valence-electron chi connectivity index (χ2n) is 7.92. The number of para-hydroxylation sites is 2. The highest BCUT2D eigenvalue weighted by molar-refractivity contribution is 5.89. The van der Waals surface area contributed by atoms with Crippen LogP contribution in [-0.2, 0) is 6.54 Å². The number of anilines is 1. The summed E-state index contributed by atoms with van der Waals surface area (Å²) in [5, 5.41) is 3.05. The van der Waals surface area contributed by atoms with Gasteiger partial charge in [-0.15, -0.1) is 0 Å². The molecule has 4 rings (SSSR count). The highest BCUT2D eigenvalue weighted by Crippen LogP contribution is 2.24. The third-order valence-corrected chi connectivity index (χ3v) is 5.95. The molecule has 3 aromatic rings. The minimum atomic E-state index is 0.00552. The second-order valence-corrected chi connectivity index (χ2v) is 7.92. The fraction of sp³-hybridized carbons (Fsp3) is 0.391. The first kappa shape index (κ1) is 18.5. The Morgan fingerprint density at radius 2 is 1.82 bits per heavy atom. The average Bonchev–Trinajstić information content (AvgIpc) is 3.01. The number of imidazole rings is 1. The van der Waals surface area contributed by atoms with E-state index >= 15 is 0 Å². The SMILES string of the molecule is Cc1ccc(NC(=O)N2CCC(Cn3c(C)nc4ccccc43)CC2)cc1C. The highest BCUT2D eigenvalue weighted by Gasteiger charge is 2.24. The van der Waals surface area contributed by atoms with Gasteiger partial charge in [-0.25, -0.2) is 9.78 Å². The molecule has 0 radical (unpaired) electrons. The molecular formula is C23H28N4O. The van der Waals surface area contributed by atoms with Crippen LogP contribution in [0.2, 0.25) is 0 Å². The molecule has 0 unspecified atom stereocenters. The van der Waals surface area contributed by atoms with Gasteiger partial charge >= 0.3 is 6.03 Å². The lowest BCUT2D eigenvalue weighted by Crippen LogP contribution is -2.41. The van der Waals surface area contributed by atoms with E-state index in [1.165, 1.54) is 16.6 Å². The van der Waals surface area contributed by atoms with E-state index in [0.717, 1.165) is 49.5 Å². The minimum absolute atomic E-state index is 0.00552. The lowest BCUT2D eigenvalue weighted by molar-refractivity contribution is 0.177. The number of benzene rings is 2. The lowest BCUT2D eigenvalue weighted by Gasteiger charge is -2.32. The molecule has 0 saturated carbocycles. The number of carbonyl (C=O) groups excluding carboxylic acids is 1. The number of hydrogen-bond donors (Lipinski definition) is 1. The van der Waals surface area contributed by atoms with E-state index < -0.39 is 0 Å². The molecule has 5 heteroatoms. The van der Waals surface area contributed by atoms with Crippen LogP contribution in [0.4, 0.5) is 10.5 Å². The molecule has 2 aromatic carbocycles. The van der Waals surface area contributed by atoms with Crippen molar-refractivity contribution in [2.24, 2.45) is 5.92 Å². The molecular weight excluding hydrogens is 348 g/mol. The third-order valence-electron chi connectivity index (χ3n) is 5.95. The zero-order valence-corrected chi connectivity index (χ0v) is 16.9. The smallest absolute Gasteiger partial charge is 0.321 e. The van der Waals surface area contributed by atoms with E-state index in [1.807, 2.05) is 23.1 Å². The van der Waals surface area contributed by atoms with E-state index in [0.29, 0.717) is 5.92 Å². The number of aromatic nitrogens is 2. The zero-order valence-electron chi connectivity index (χ0n) is 16.9. The first-order chi connectivity index (χ1) is 13.5. The maximum absolute atomic E-state index is 12.6. The normalized spacial score (nSPS) is 15.2. The predicted octanol–water partition coefficient (Wildman–Crippen LogP) is 4.91. The number of carbonyl (C=O) groups is 1. The van der Waals surface area contributed by atoms with Crippen molar-refractivity contribution in [3.8, 4) is 0 Å². The summed E-state index contributed by atoms with van der Waals surface area (Å²) in [6, 6.07) is 14.4. The molecule has 1 fully saturated rings. The van der Waals surface area contributed by atoms with Crippen LogP contribution in [0.15, 0.2) is 42.5 Å². The number of urea groups is 1. The molecule has 0 spiro atoms. The number of hydrogen-bond acceptors (Lipinski definition) is 2. The van der Waals surface area contributed by atoms with Gasteiger partial charge in [0.25, 0.3) is 0 Å². The minimum Gasteiger partial charge on any atom is -0.328 e. The van der Waals surface area contributed by atoms with Crippen molar-refractivity contribution >= 4 is 22.8 Å². The number of nitrogens with one attached hydrogen (secondary N) is 1. The number of aryl methyl sites for hydroxylation is 3. The topological polar surface area (TPSA) is 50.2 Å². The lowest BCUT2D eigenvalue weighted by atomic mass is 9.96. The van der Waals surface area contributed by atoms with Crippen LogP contribution in [0.3, 0.4) is 0 Å². The molecule has 1 N–H and O–H groups in total. The van der Waals surface area contributed by atoms with Crippen molar-refractivity contribution in [3.05, 3.63) is 59.4 Å². The molecule has 5 nitrogen and oxygen atoms in total. The molecule has 1 saturated heterocycles. The summed E-state index contributed by atoms with van der Waals surface area (Å²) in [6.07, 6.45) is 2.04. The number of fused-ring (bicyclic) bond motifs is 1. The fourth-order valence-electron chi connectivity index (χ4n) is 4.02. The Bertz CT molecular complexity index is 999. The van der Waals surface area contributed by atoms with Crippen LogP contribution in [0.25, 0.3) is 11.0 Å². The van der Waals surface area contributed by atoms with Gasteiger partial charge in [0.2, 0.25) is 0 Å². The predicted molar refractivity (Wildman–Crippen MR) is 114 cm³/mol. The maximum atomic E-state index is 12.6. The van der Waals surface area contributed by atoms with Gasteiger partial charge in [-0.1, -0.05) is 18.2 Å². The number of amides is 2. The van der Waals surface area contributed by atoms with E-state index in [4.69, 9.17) is 0 Å². The number of likely N-dealkylation sites (tertiary alicyclic amines) is 1. The molecule has 1 aliphatic heterocycles. The molecule has 0 atom stereocenters. The van der Waals surface area contributed by atoms with Gasteiger partial charge in [-0.2, -0.15) is 0 Å². The summed E-state index contributed by atoms with van der Waals surface area (Å²) in [4.78, 5) is 19.2. The van der Waals surface area contributed by atoms with Gasteiger partial charge in [0.15, 0.2) is 0 Å². The fourth-order valence-corrected chi connectivity index (χ4v) is 4.02. The summed E-state index contributed by atoms with van der Waals surface area (Å²) >= 11 is 0. The Balaban J connectivity index is 1.35. The molecule has 2 amide bonds. The van der Waals surface area contributed by atoms with Gasteiger partial charge in [0.05, 0.1) is 11.0 Å². The van der Waals surface area contributed by atoms with Crippen LogP contribution < -0.4 is 5.32 Å². The van der Waals surface area contributed by atoms with Crippen molar-refractivity contribution in [2.75, 3.05) is 18.4 Å². The first-order valence-corrected chi connectivity index (χ1v) is 10.1. The van der Waals surface area contributed by atoms with Crippen molar-refractivity contribution in [1.82, 2.24) is 14.5 Å². The van der Waals surface area contributed by atoms with Crippen molar-refractivity contribution in [2.45, 2.75) is 40.2 Å². The monoisotopic (exact) mass is 376 g/mol. The summed E-state index contributed by atoms with van der Waals surface area (Å²) in [7, 11) is 0. The van der Waals surface area contributed by atoms with Gasteiger partial charge in [-0.3, -0.25) is 0 Å². The molecule has 0 aliphatic carbocycles.